The zero-order chi connectivity index (χ0) is 18.4. The Morgan fingerprint density at radius 3 is 3.00 bits per heavy atom. The molecule has 1 amide bonds. The quantitative estimate of drug-likeness (QED) is 0.853. The van der Waals surface area contributed by atoms with Crippen molar-refractivity contribution in [2.75, 3.05) is 13.2 Å². The van der Waals surface area contributed by atoms with Gasteiger partial charge in [0.2, 0.25) is 0 Å². The van der Waals surface area contributed by atoms with Gasteiger partial charge in [-0.15, -0.1) is 0 Å². The third kappa shape index (κ3) is 4.54. The Kier molecular flexibility index (Phi) is 6.12. The van der Waals surface area contributed by atoms with Gasteiger partial charge in [-0.1, -0.05) is 13.3 Å². The molecule has 2 aromatic rings. The molecule has 138 valence electrons. The molecule has 0 radical (unpaired) electrons. The number of rotatable bonds is 6. The lowest BCUT2D eigenvalue weighted by Crippen LogP contribution is -2.52. The molecule has 1 aliphatic heterocycles. The van der Waals surface area contributed by atoms with E-state index >= 15 is 0 Å². The zero-order valence-electron chi connectivity index (χ0n) is 15.1. The number of amides is 1. The molecule has 2 aromatic heterocycles. The van der Waals surface area contributed by atoms with Gasteiger partial charge in [0, 0.05) is 18.3 Å². The summed E-state index contributed by atoms with van der Waals surface area (Å²) in [6.07, 6.45) is 6.92. The van der Waals surface area contributed by atoms with Crippen molar-refractivity contribution in [3.05, 3.63) is 47.8 Å². The summed E-state index contributed by atoms with van der Waals surface area (Å²) in [5.41, 5.74) is 2.20. The van der Waals surface area contributed by atoms with E-state index in [4.69, 9.17) is 9.47 Å². The highest BCUT2D eigenvalue weighted by atomic mass is 16.5. The Morgan fingerprint density at radius 1 is 1.35 bits per heavy atom. The Labute approximate surface area is 153 Å². The molecule has 1 fully saturated rings. The van der Waals surface area contributed by atoms with Gasteiger partial charge in [-0.25, -0.2) is 9.97 Å². The van der Waals surface area contributed by atoms with Crippen molar-refractivity contribution in [2.24, 2.45) is 0 Å². The minimum Gasteiger partial charge on any atom is -0.486 e. The second-order valence-corrected chi connectivity index (χ2v) is 6.37. The highest BCUT2D eigenvalue weighted by molar-refractivity contribution is 5.95. The maximum Gasteiger partial charge on any atom is 0.255 e. The average molecular weight is 356 g/mol. The average Bonchev–Trinajstić information content (AvgIpc) is 2.66. The number of aromatic nitrogens is 3. The molecule has 2 atom stereocenters. The fraction of sp³-hybridized carbons (Fsp3) is 0.474. The van der Waals surface area contributed by atoms with Crippen LogP contribution in [0.1, 0.15) is 41.5 Å². The van der Waals surface area contributed by atoms with Crippen molar-refractivity contribution in [3.63, 3.8) is 0 Å². The van der Waals surface area contributed by atoms with Crippen LogP contribution in [0.3, 0.4) is 0 Å². The van der Waals surface area contributed by atoms with Crippen LogP contribution in [-0.2, 0) is 11.2 Å². The number of ether oxygens (including phenoxy) is 2. The van der Waals surface area contributed by atoms with Gasteiger partial charge in [0.15, 0.2) is 0 Å². The van der Waals surface area contributed by atoms with Crippen LogP contribution in [0.25, 0.3) is 0 Å². The summed E-state index contributed by atoms with van der Waals surface area (Å²) < 4.78 is 11.6. The van der Waals surface area contributed by atoms with Crippen molar-refractivity contribution >= 4 is 5.91 Å². The van der Waals surface area contributed by atoms with E-state index in [2.05, 4.69) is 27.2 Å². The minimum atomic E-state index is -0.243. The largest absolute Gasteiger partial charge is 0.486 e. The van der Waals surface area contributed by atoms with Crippen LogP contribution in [-0.4, -0.2) is 46.2 Å². The highest BCUT2D eigenvalue weighted by Gasteiger charge is 2.30. The third-order valence-electron chi connectivity index (χ3n) is 4.31. The van der Waals surface area contributed by atoms with Crippen molar-refractivity contribution < 1.29 is 14.3 Å². The van der Waals surface area contributed by atoms with Crippen molar-refractivity contribution in [3.8, 4) is 5.75 Å². The van der Waals surface area contributed by atoms with Crippen LogP contribution in [0, 0.1) is 6.92 Å². The number of pyridine rings is 1. The molecule has 0 spiro atoms. The fourth-order valence-corrected chi connectivity index (χ4v) is 2.92. The number of nitrogens with zero attached hydrogens (tertiary/aromatic N) is 3. The number of carbonyl (C=O) groups is 1. The molecular formula is C19H24N4O3. The van der Waals surface area contributed by atoms with Gasteiger partial charge in [0.25, 0.3) is 5.91 Å². The summed E-state index contributed by atoms with van der Waals surface area (Å²) in [7, 11) is 0. The Morgan fingerprint density at radius 2 is 2.23 bits per heavy atom. The molecule has 26 heavy (non-hydrogen) atoms. The smallest absolute Gasteiger partial charge is 0.255 e. The number of nitrogens with one attached hydrogen (secondary N) is 1. The highest BCUT2D eigenvalue weighted by Crippen LogP contribution is 2.18. The number of aryl methyl sites for hydroxylation is 2. The van der Waals surface area contributed by atoms with Gasteiger partial charge in [-0.2, -0.15) is 0 Å². The van der Waals surface area contributed by atoms with Gasteiger partial charge in [-0.05, 0) is 25.5 Å². The van der Waals surface area contributed by atoms with Crippen LogP contribution in [0.5, 0.6) is 5.75 Å². The lowest BCUT2D eigenvalue weighted by atomic mass is 10.0. The van der Waals surface area contributed by atoms with Gasteiger partial charge < -0.3 is 14.8 Å². The second kappa shape index (κ2) is 8.71. The summed E-state index contributed by atoms with van der Waals surface area (Å²) >= 11 is 0. The predicted molar refractivity (Wildman–Crippen MR) is 96.1 cm³/mol. The van der Waals surface area contributed by atoms with Crippen LogP contribution >= 0.6 is 0 Å². The molecule has 0 unspecified atom stereocenters. The van der Waals surface area contributed by atoms with Crippen molar-refractivity contribution in [2.45, 2.75) is 45.3 Å². The first-order valence-electron chi connectivity index (χ1n) is 8.94. The lowest BCUT2D eigenvalue weighted by molar-refractivity contribution is -0.00303. The normalized spacial score (nSPS) is 19.8. The van der Waals surface area contributed by atoms with Gasteiger partial charge >= 0.3 is 0 Å². The summed E-state index contributed by atoms with van der Waals surface area (Å²) in [4.78, 5) is 25.2. The topological polar surface area (TPSA) is 86.2 Å². The molecule has 7 nitrogen and oxygen atoms in total. The van der Waals surface area contributed by atoms with E-state index in [0.29, 0.717) is 30.9 Å². The standard InChI is InChI=1S/C19H24N4O3/c1-3-4-16-15(10-20-12-22-16)19(24)23-17-11-25-8-7-18(17)26-14-6-5-13(2)21-9-14/h5-6,9-10,12,17-18H,3-4,7-8,11H2,1-2H3,(H,23,24)/t17-,18+/m0/s1. The lowest BCUT2D eigenvalue weighted by Gasteiger charge is -2.32. The first kappa shape index (κ1) is 18.3. The van der Waals surface area contributed by atoms with Crippen LogP contribution < -0.4 is 10.1 Å². The Hall–Kier alpha value is -2.54. The van der Waals surface area contributed by atoms with Gasteiger partial charge in [0.1, 0.15) is 18.2 Å². The maximum atomic E-state index is 12.7. The maximum absolute atomic E-state index is 12.7. The molecular weight excluding hydrogens is 332 g/mol. The molecule has 0 bridgehead atoms. The summed E-state index contributed by atoms with van der Waals surface area (Å²) in [5.74, 6) is 0.497. The summed E-state index contributed by atoms with van der Waals surface area (Å²) in [6.45, 7) is 4.99. The number of carbonyl (C=O) groups excluding carboxylic acids is 1. The van der Waals surface area contributed by atoms with Crippen LogP contribution in [0.15, 0.2) is 30.9 Å². The Balaban J connectivity index is 1.70. The van der Waals surface area contributed by atoms with Crippen LogP contribution in [0.4, 0.5) is 0 Å². The zero-order valence-corrected chi connectivity index (χ0v) is 15.1. The SMILES string of the molecule is CCCc1ncncc1C(=O)N[C@H]1COCC[C@H]1Oc1ccc(C)nc1. The monoisotopic (exact) mass is 356 g/mol. The molecule has 1 N–H and O–H groups in total. The van der Waals surface area contributed by atoms with Crippen molar-refractivity contribution in [1.29, 1.82) is 0 Å². The van der Waals surface area contributed by atoms with E-state index in [0.717, 1.165) is 24.2 Å². The van der Waals surface area contributed by atoms with Gasteiger partial charge in [0.05, 0.1) is 36.7 Å². The molecule has 0 aromatic carbocycles. The van der Waals surface area contributed by atoms with Crippen LogP contribution in [0.2, 0.25) is 0 Å². The molecule has 7 heteroatoms. The first-order chi connectivity index (χ1) is 12.7. The van der Waals surface area contributed by atoms with E-state index < -0.39 is 0 Å². The van der Waals surface area contributed by atoms with E-state index in [1.807, 2.05) is 19.1 Å². The molecule has 1 saturated heterocycles. The van der Waals surface area contributed by atoms with Crippen molar-refractivity contribution in [1.82, 2.24) is 20.3 Å². The van der Waals surface area contributed by atoms with E-state index in [1.54, 1.807) is 12.4 Å². The number of hydrogen-bond acceptors (Lipinski definition) is 6. The third-order valence-corrected chi connectivity index (χ3v) is 4.31. The fourth-order valence-electron chi connectivity index (χ4n) is 2.92. The molecule has 0 saturated carbocycles. The predicted octanol–water partition coefficient (Wildman–Crippen LogP) is 2.10. The molecule has 0 aliphatic carbocycles. The van der Waals surface area contributed by atoms with E-state index in [9.17, 15) is 4.79 Å². The van der Waals surface area contributed by atoms with E-state index in [-0.39, 0.29) is 18.1 Å². The van der Waals surface area contributed by atoms with E-state index in [1.165, 1.54) is 6.33 Å². The first-order valence-corrected chi connectivity index (χ1v) is 8.94. The number of hydrogen-bond donors (Lipinski definition) is 1. The second-order valence-electron chi connectivity index (χ2n) is 6.37. The van der Waals surface area contributed by atoms with Gasteiger partial charge in [-0.3, -0.25) is 9.78 Å². The summed E-state index contributed by atoms with van der Waals surface area (Å²) in [5, 5.41) is 3.03. The Bertz CT molecular complexity index is 736. The molecule has 1 aliphatic rings. The molecule has 3 rings (SSSR count). The minimum absolute atomic E-state index is 0.170. The molecule has 3 heterocycles. The summed E-state index contributed by atoms with van der Waals surface area (Å²) in [6, 6.07) is 3.55.